The second-order valence-corrected chi connectivity index (χ2v) is 3.53. The summed E-state index contributed by atoms with van der Waals surface area (Å²) >= 11 is 0. The number of hydrogen-bond donors (Lipinski definition) is 1. The van der Waals surface area contributed by atoms with Gasteiger partial charge in [0.15, 0.2) is 0 Å². The molecule has 1 aromatic carbocycles. The van der Waals surface area contributed by atoms with Gasteiger partial charge >= 0.3 is 0 Å². The minimum absolute atomic E-state index is 0.0885. The molecule has 0 atom stereocenters. The van der Waals surface area contributed by atoms with E-state index in [0.29, 0.717) is 23.1 Å². The minimum Gasteiger partial charge on any atom is -0.464 e. The smallest absolute Gasteiger partial charge is 0.224 e. The van der Waals surface area contributed by atoms with E-state index < -0.39 is 0 Å². The fourth-order valence-electron chi connectivity index (χ4n) is 1.62. The van der Waals surface area contributed by atoms with Crippen molar-refractivity contribution in [2.45, 2.75) is 13.3 Å². The van der Waals surface area contributed by atoms with Crippen LogP contribution < -0.4 is 5.32 Å². The maximum atomic E-state index is 13.0. The van der Waals surface area contributed by atoms with Crippen LogP contribution in [-0.4, -0.2) is 12.5 Å². The van der Waals surface area contributed by atoms with Crippen LogP contribution in [-0.2, 0) is 11.2 Å². The summed E-state index contributed by atoms with van der Waals surface area (Å²) < 4.78 is 18.3. The first kappa shape index (κ1) is 10.7. The Balaban J connectivity index is 2.30. The summed E-state index contributed by atoms with van der Waals surface area (Å²) in [5.41, 5.74) is 1.31. The first-order valence-electron chi connectivity index (χ1n) is 5.13. The highest BCUT2D eigenvalue weighted by Crippen LogP contribution is 2.22. The molecule has 0 aliphatic heterocycles. The number of furan rings is 1. The molecule has 3 nitrogen and oxygen atoms in total. The standard InChI is InChI=1S/C12H12FNO2/c1-2-14-12(15)5-8-7-16-11-4-3-9(13)6-10(8)11/h3-4,6-7H,2,5H2,1H3,(H,14,15). The Bertz CT molecular complexity index is 519. The Morgan fingerprint density at radius 3 is 3.06 bits per heavy atom. The molecule has 1 N–H and O–H groups in total. The number of benzene rings is 1. The number of carbonyl (C=O) groups is 1. The molecule has 0 aliphatic rings. The lowest BCUT2D eigenvalue weighted by molar-refractivity contribution is -0.120. The number of likely N-dealkylation sites (N-methyl/N-ethyl adjacent to an activating group) is 1. The average Bonchev–Trinajstić information content (AvgIpc) is 2.61. The summed E-state index contributed by atoms with van der Waals surface area (Å²) in [4.78, 5) is 11.4. The number of fused-ring (bicyclic) bond motifs is 1. The van der Waals surface area contributed by atoms with Crippen molar-refractivity contribution >= 4 is 16.9 Å². The predicted octanol–water partition coefficient (Wildman–Crippen LogP) is 2.25. The molecule has 1 heterocycles. The number of carbonyl (C=O) groups excluding carboxylic acids is 1. The molecule has 0 aliphatic carbocycles. The van der Waals surface area contributed by atoms with Crippen LogP contribution in [0.5, 0.6) is 0 Å². The van der Waals surface area contributed by atoms with Crippen LogP contribution in [0.25, 0.3) is 11.0 Å². The van der Waals surface area contributed by atoms with Crippen LogP contribution in [0, 0.1) is 5.82 Å². The molecule has 2 rings (SSSR count). The van der Waals surface area contributed by atoms with E-state index in [4.69, 9.17) is 4.42 Å². The fraction of sp³-hybridized carbons (Fsp3) is 0.250. The van der Waals surface area contributed by atoms with Gasteiger partial charge in [0.2, 0.25) is 5.91 Å². The second-order valence-electron chi connectivity index (χ2n) is 3.53. The van der Waals surface area contributed by atoms with Gasteiger partial charge < -0.3 is 9.73 Å². The molecule has 0 fully saturated rings. The zero-order valence-corrected chi connectivity index (χ0v) is 8.92. The van der Waals surface area contributed by atoms with E-state index in [-0.39, 0.29) is 18.1 Å². The SMILES string of the molecule is CCNC(=O)Cc1coc2ccc(F)cc12. The van der Waals surface area contributed by atoms with E-state index in [1.807, 2.05) is 6.92 Å². The van der Waals surface area contributed by atoms with Crippen LogP contribution in [0.4, 0.5) is 4.39 Å². The molecule has 0 saturated heterocycles. The first-order valence-corrected chi connectivity index (χ1v) is 5.13. The van der Waals surface area contributed by atoms with Gasteiger partial charge in [0.05, 0.1) is 12.7 Å². The highest BCUT2D eigenvalue weighted by atomic mass is 19.1. The zero-order chi connectivity index (χ0) is 11.5. The lowest BCUT2D eigenvalue weighted by Crippen LogP contribution is -2.24. The molecule has 0 saturated carbocycles. The average molecular weight is 221 g/mol. The lowest BCUT2D eigenvalue weighted by Gasteiger charge is -1.99. The largest absolute Gasteiger partial charge is 0.464 e. The summed E-state index contributed by atoms with van der Waals surface area (Å²) in [5.74, 6) is -0.416. The van der Waals surface area contributed by atoms with Crippen molar-refractivity contribution in [3.05, 3.63) is 35.8 Å². The Morgan fingerprint density at radius 1 is 1.50 bits per heavy atom. The third-order valence-electron chi connectivity index (χ3n) is 2.34. The normalized spacial score (nSPS) is 10.6. The van der Waals surface area contributed by atoms with Gasteiger partial charge in [0.25, 0.3) is 0 Å². The molecule has 0 spiro atoms. The molecule has 0 radical (unpaired) electrons. The van der Waals surface area contributed by atoms with Gasteiger partial charge in [-0.3, -0.25) is 4.79 Å². The van der Waals surface area contributed by atoms with Crippen LogP contribution in [0.2, 0.25) is 0 Å². The van der Waals surface area contributed by atoms with Gasteiger partial charge in [0.1, 0.15) is 11.4 Å². The van der Waals surface area contributed by atoms with E-state index in [1.165, 1.54) is 18.4 Å². The Hall–Kier alpha value is -1.84. The summed E-state index contributed by atoms with van der Waals surface area (Å²) in [7, 11) is 0. The van der Waals surface area contributed by atoms with Crippen LogP contribution in [0.15, 0.2) is 28.9 Å². The molecular formula is C12H12FNO2. The maximum absolute atomic E-state index is 13.0. The molecule has 84 valence electrons. The number of amides is 1. The van der Waals surface area contributed by atoms with Crippen molar-refractivity contribution in [3.8, 4) is 0 Å². The second kappa shape index (κ2) is 4.35. The Labute approximate surface area is 92.2 Å². The number of rotatable bonds is 3. The van der Waals surface area contributed by atoms with Crippen LogP contribution in [0.3, 0.4) is 0 Å². The zero-order valence-electron chi connectivity index (χ0n) is 8.92. The van der Waals surface area contributed by atoms with Crippen molar-refractivity contribution in [2.24, 2.45) is 0 Å². The van der Waals surface area contributed by atoms with Gasteiger partial charge in [-0.25, -0.2) is 4.39 Å². The van der Waals surface area contributed by atoms with E-state index in [0.717, 1.165) is 0 Å². The summed E-state index contributed by atoms with van der Waals surface area (Å²) in [6, 6.07) is 4.28. The predicted molar refractivity (Wildman–Crippen MR) is 58.6 cm³/mol. The number of nitrogens with one attached hydrogen (secondary N) is 1. The molecule has 0 bridgehead atoms. The molecule has 1 aromatic heterocycles. The van der Waals surface area contributed by atoms with E-state index in [1.54, 1.807) is 6.07 Å². The quantitative estimate of drug-likeness (QED) is 0.863. The van der Waals surface area contributed by atoms with Gasteiger partial charge in [-0.15, -0.1) is 0 Å². The number of hydrogen-bond acceptors (Lipinski definition) is 2. The monoisotopic (exact) mass is 221 g/mol. The minimum atomic E-state index is -0.328. The topological polar surface area (TPSA) is 42.2 Å². The van der Waals surface area contributed by atoms with Gasteiger partial charge in [0, 0.05) is 17.5 Å². The molecule has 4 heteroatoms. The first-order chi connectivity index (χ1) is 7.70. The Morgan fingerprint density at radius 2 is 2.31 bits per heavy atom. The van der Waals surface area contributed by atoms with Crippen LogP contribution in [0.1, 0.15) is 12.5 Å². The van der Waals surface area contributed by atoms with Crippen molar-refractivity contribution < 1.29 is 13.6 Å². The molecule has 1 amide bonds. The molecule has 2 aromatic rings. The molecular weight excluding hydrogens is 209 g/mol. The summed E-state index contributed by atoms with van der Waals surface area (Å²) in [6.45, 7) is 2.44. The van der Waals surface area contributed by atoms with Crippen molar-refractivity contribution in [1.82, 2.24) is 5.32 Å². The van der Waals surface area contributed by atoms with E-state index in [9.17, 15) is 9.18 Å². The van der Waals surface area contributed by atoms with Gasteiger partial charge in [-0.1, -0.05) is 0 Å². The summed E-state index contributed by atoms with van der Waals surface area (Å²) in [5, 5.41) is 3.35. The highest BCUT2D eigenvalue weighted by molar-refractivity contribution is 5.87. The number of halogens is 1. The van der Waals surface area contributed by atoms with Crippen molar-refractivity contribution in [3.63, 3.8) is 0 Å². The van der Waals surface area contributed by atoms with Crippen molar-refractivity contribution in [2.75, 3.05) is 6.54 Å². The van der Waals surface area contributed by atoms with Gasteiger partial charge in [-0.05, 0) is 25.1 Å². The van der Waals surface area contributed by atoms with Gasteiger partial charge in [-0.2, -0.15) is 0 Å². The van der Waals surface area contributed by atoms with Crippen molar-refractivity contribution in [1.29, 1.82) is 0 Å². The lowest BCUT2D eigenvalue weighted by atomic mass is 10.1. The van der Waals surface area contributed by atoms with E-state index in [2.05, 4.69) is 5.32 Å². The highest BCUT2D eigenvalue weighted by Gasteiger charge is 2.10. The Kier molecular flexibility index (Phi) is 2.90. The van der Waals surface area contributed by atoms with E-state index >= 15 is 0 Å². The molecule has 0 unspecified atom stereocenters. The maximum Gasteiger partial charge on any atom is 0.224 e. The van der Waals surface area contributed by atoms with Crippen LogP contribution >= 0.6 is 0 Å². The summed E-state index contributed by atoms with van der Waals surface area (Å²) in [6.07, 6.45) is 1.71. The third kappa shape index (κ3) is 2.05. The third-order valence-corrected chi connectivity index (χ3v) is 2.34. The fourth-order valence-corrected chi connectivity index (χ4v) is 1.62. The molecule has 16 heavy (non-hydrogen) atoms.